The SMILES string of the molecule is Cc1ccc(C(=O)NC2CC2)cc1NC(=O)c1ccc(-c2ccccc2C#N)s1. The molecule has 3 aromatic rings. The maximum absolute atomic E-state index is 12.8. The van der Waals surface area contributed by atoms with Gasteiger partial charge in [-0.1, -0.05) is 24.3 Å². The highest BCUT2D eigenvalue weighted by Crippen LogP contribution is 2.31. The van der Waals surface area contributed by atoms with Gasteiger partial charge in [0.05, 0.1) is 16.5 Å². The number of aryl methyl sites for hydroxylation is 1. The summed E-state index contributed by atoms with van der Waals surface area (Å²) in [5.41, 5.74) is 3.42. The quantitative estimate of drug-likeness (QED) is 0.648. The third-order valence-corrected chi connectivity index (χ3v) is 5.92. The molecule has 1 aliphatic rings. The number of benzene rings is 2. The first-order chi connectivity index (χ1) is 14.0. The van der Waals surface area contributed by atoms with Crippen LogP contribution in [0.5, 0.6) is 0 Å². The first-order valence-electron chi connectivity index (χ1n) is 9.37. The number of carbonyl (C=O) groups is 2. The first kappa shape index (κ1) is 18.9. The maximum atomic E-state index is 12.8. The standard InChI is InChI=1S/C23H19N3O2S/c1-14-6-7-15(22(27)25-17-8-9-17)12-19(14)26-23(28)21-11-10-20(29-21)18-5-3-2-4-16(18)13-24/h2-7,10-12,17H,8-9H2,1H3,(H,25,27)(H,26,28). The molecule has 5 nitrogen and oxygen atoms in total. The molecule has 0 atom stereocenters. The molecule has 1 saturated carbocycles. The number of anilines is 1. The Morgan fingerprint density at radius 1 is 1.07 bits per heavy atom. The summed E-state index contributed by atoms with van der Waals surface area (Å²) in [7, 11) is 0. The number of carbonyl (C=O) groups excluding carboxylic acids is 2. The number of nitrogens with one attached hydrogen (secondary N) is 2. The molecule has 1 heterocycles. The zero-order valence-corrected chi connectivity index (χ0v) is 16.7. The molecular formula is C23H19N3O2S. The van der Waals surface area contributed by atoms with Crippen molar-refractivity contribution in [2.24, 2.45) is 0 Å². The van der Waals surface area contributed by atoms with Crippen molar-refractivity contribution in [1.29, 1.82) is 5.26 Å². The van der Waals surface area contributed by atoms with Gasteiger partial charge in [-0.25, -0.2) is 0 Å². The molecule has 1 fully saturated rings. The summed E-state index contributed by atoms with van der Waals surface area (Å²) < 4.78 is 0. The van der Waals surface area contributed by atoms with Crippen LogP contribution in [0.15, 0.2) is 54.6 Å². The molecule has 6 heteroatoms. The van der Waals surface area contributed by atoms with Gasteiger partial charge >= 0.3 is 0 Å². The van der Waals surface area contributed by atoms with E-state index in [2.05, 4.69) is 16.7 Å². The van der Waals surface area contributed by atoms with Crippen LogP contribution in [0.25, 0.3) is 10.4 Å². The van der Waals surface area contributed by atoms with E-state index < -0.39 is 0 Å². The molecule has 1 aromatic heterocycles. The third kappa shape index (κ3) is 4.20. The molecule has 4 rings (SSSR count). The van der Waals surface area contributed by atoms with Gasteiger partial charge < -0.3 is 10.6 Å². The van der Waals surface area contributed by atoms with Crippen molar-refractivity contribution in [3.8, 4) is 16.5 Å². The van der Waals surface area contributed by atoms with Crippen LogP contribution in [0, 0.1) is 18.3 Å². The minimum atomic E-state index is -0.237. The molecule has 0 radical (unpaired) electrons. The first-order valence-corrected chi connectivity index (χ1v) is 10.2. The van der Waals surface area contributed by atoms with Gasteiger partial charge in [-0.2, -0.15) is 5.26 Å². The lowest BCUT2D eigenvalue weighted by Gasteiger charge is -2.10. The molecule has 0 spiro atoms. The minimum Gasteiger partial charge on any atom is -0.349 e. The Morgan fingerprint density at radius 3 is 2.62 bits per heavy atom. The summed E-state index contributed by atoms with van der Waals surface area (Å²) in [4.78, 5) is 26.5. The summed E-state index contributed by atoms with van der Waals surface area (Å²) in [5.74, 6) is -0.354. The molecule has 0 saturated heterocycles. The van der Waals surface area contributed by atoms with E-state index in [-0.39, 0.29) is 17.9 Å². The van der Waals surface area contributed by atoms with Crippen LogP contribution in [0.1, 0.15) is 44.0 Å². The van der Waals surface area contributed by atoms with E-state index in [1.807, 2.05) is 37.3 Å². The van der Waals surface area contributed by atoms with Crippen LogP contribution in [0.3, 0.4) is 0 Å². The van der Waals surface area contributed by atoms with Crippen LogP contribution in [0.4, 0.5) is 5.69 Å². The van der Waals surface area contributed by atoms with Crippen molar-refractivity contribution in [2.45, 2.75) is 25.8 Å². The predicted octanol–water partition coefficient (Wildman–Crippen LogP) is 4.74. The fraction of sp³-hybridized carbons (Fsp3) is 0.174. The number of nitriles is 1. The van der Waals surface area contributed by atoms with E-state index in [0.29, 0.717) is 21.7 Å². The molecule has 1 aliphatic carbocycles. The van der Waals surface area contributed by atoms with E-state index >= 15 is 0 Å². The summed E-state index contributed by atoms with van der Waals surface area (Å²) in [6.45, 7) is 1.89. The second-order valence-corrected chi connectivity index (χ2v) is 8.14. The van der Waals surface area contributed by atoms with E-state index in [1.165, 1.54) is 11.3 Å². The van der Waals surface area contributed by atoms with Gasteiger partial charge in [0.15, 0.2) is 0 Å². The molecule has 0 unspecified atom stereocenters. The largest absolute Gasteiger partial charge is 0.349 e. The number of hydrogen-bond donors (Lipinski definition) is 2. The Labute approximate surface area is 173 Å². The molecule has 144 valence electrons. The van der Waals surface area contributed by atoms with Crippen LogP contribution in [-0.4, -0.2) is 17.9 Å². The van der Waals surface area contributed by atoms with E-state index in [1.54, 1.807) is 24.3 Å². The summed E-state index contributed by atoms with van der Waals surface area (Å²) in [6, 6.07) is 18.7. The molecule has 2 amide bonds. The highest BCUT2D eigenvalue weighted by atomic mass is 32.1. The number of hydrogen-bond acceptors (Lipinski definition) is 4. The van der Waals surface area contributed by atoms with Crippen LogP contribution in [0.2, 0.25) is 0 Å². The molecule has 2 aromatic carbocycles. The number of amides is 2. The average Bonchev–Trinajstić information content (AvgIpc) is 3.40. The topological polar surface area (TPSA) is 82.0 Å². The Balaban J connectivity index is 1.53. The van der Waals surface area contributed by atoms with Crippen molar-refractivity contribution in [3.05, 3.63) is 76.2 Å². The minimum absolute atomic E-state index is 0.116. The second-order valence-electron chi connectivity index (χ2n) is 7.05. The molecule has 0 aliphatic heterocycles. The molecule has 2 N–H and O–H groups in total. The lowest BCUT2D eigenvalue weighted by molar-refractivity contribution is 0.0949. The maximum Gasteiger partial charge on any atom is 0.265 e. The lowest BCUT2D eigenvalue weighted by atomic mass is 10.1. The smallest absolute Gasteiger partial charge is 0.265 e. The van der Waals surface area contributed by atoms with Gasteiger partial charge in [-0.05, 0) is 55.7 Å². The highest BCUT2D eigenvalue weighted by Gasteiger charge is 2.24. The monoisotopic (exact) mass is 401 g/mol. The predicted molar refractivity (Wildman–Crippen MR) is 114 cm³/mol. The lowest BCUT2D eigenvalue weighted by Crippen LogP contribution is -2.25. The van der Waals surface area contributed by atoms with Gasteiger partial charge in [0.25, 0.3) is 11.8 Å². The van der Waals surface area contributed by atoms with E-state index in [9.17, 15) is 14.9 Å². The average molecular weight is 401 g/mol. The van der Waals surface area contributed by atoms with Gasteiger partial charge in [0.2, 0.25) is 0 Å². The molecular weight excluding hydrogens is 382 g/mol. The van der Waals surface area contributed by atoms with Crippen molar-refractivity contribution in [1.82, 2.24) is 5.32 Å². The number of nitrogens with zero attached hydrogens (tertiary/aromatic N) is 1. The normalized spacial score (nSPS) is 12.8. The van der Waals surface area contributed by atoms with Gasteiger partial charge in [-0.3, -0.25) is 9.59 Å². The van der Waals surface area contributed by atoms with Crippen molar-refractivity contribution >= 4 is 28.8 Å². The molecule has 0 bridgehead atoms. The van der Waals surface area contributed by atoms with Crippen LogP contribution >= 0.6 is 11.3 Å². The Hall–Kier alpha value is -3.43. The number of rotatable bonds is 5. The van der Waals surface area contributed by atoms with Gasteiger partial charge in [0.1, 0.15) is 0 Å². The van der Waals surface area contributed by atoms with Gasteiger partial charge in [-0.15, -0.1) is 11.3 Å². The van der Waals surface area contributed by atoms with Crippen LogP contribution in [-0.2, 0) is 0 Å². The third-order valence-electron chi connectivity index (χ3n) is 4.80. The van der Waals surface area contributed by atoms with Crippen molar-refractivity contribution in [3.63, 3.8) is 0 Å². The summed E-state index contributed by atoms with van der Waals surface area (Å²) in [5, 5.41) is 15.2. The fourth-order valence-electron chi connectivity index (χ4n) is 2.98. The van der Waals surface area contributed by atoms with Crippen molar-refractivity contribution in [2.75, 3.05) is 5.32 Å². The van der Waals surface area contributed by atoms with E-state index in [0.717, 1.165) is 28.8 Å². The second kappa shape index (κ2) is 7.90. The summed E-state index contributed by atoms with van der Waals surface area (Å²) in [6.07, 6.45) is 2.05. The van der Waals surface area contributed by atoms with E-state index in [4.69, 9.17) is 0 Å². The summed E-state index contributed by atoms with van der Waals surface area (Å²) >= 11 is 1.33. The number of thiophene rings is 1. The Kier molecular flexibility index (Phi) is 5.15. The van der Waals surface area contributed by atoms with Gasteiger partial charge in [0, 0.05) is 27.7 Å². The Morgan fingerprint density at radius 2 is 1.86 bits per heavy atom. The molecule has 29 heavy (non-hydrogen) atoms. The highest BCUT2D eigenvalue weighted by molar-refractivity contribution is 7.17. The fourth-order valence-corrected chi connectivity index (χ4v) is 3.92. The zero-order chi connectivity index (χ0) is 20.4. The zero-order valence-electron chi connectivity index (χ0n) is 15.9. The van der Waals surface area contributed by atoms with Crippen molar-refractivity contribution < 1.29 is 9.59 Å². The Bertz CT molecular complexity index is 1140. The van der Waals surface area contributed by atoms with Crippen LogP contribution < -0.4 is 10.6 Å².